The van der Waals surface area contributed by atoms with Crippen LogP contribution >= 0.6 is 0 Å². The third kappa shape index (κ3) is 7.04. The molecule has 3 aromatic carbocycles. The maximum absolute atomic E-state index is 10.3. The van der Waals surface area contributed by atoms with Crippen LogP contribution in [0.5, 0.6) is 17.2 Å². The van der Waals surface area contributed by atoms with E-state index in [4.69, 9.17) is 5.11 Å². The smallest absolute Gasteiger partial charge is 0.327 e. The molecule has 6 nitrogen and oxygen atoms in total. The van der Waals surface area contributed by atoms with Gasteiger partial charge in [0.2, 0.25) is 0 Å². The molecule has 0 saturated carbocycles. The van der Waals surface area contributed by atoms with Gasteiger partial charge in [0.05, 0.1) is 6.10 Å². The van der Waals surface area contributed by atoms with Crippen LogP contribution in [-0.2, 0) is 11.2 Å². The number of aliphatic hydroxyl groups excluding tert-OH is 1. The van der Waals surface area contributed by atoms with Crippen molar-refractivity contribution in [1.29, 1.82) is 0 Å². The van der Waals surface area contributed by atoms with E-state index in [0.29, 0.717) is 17.9 Å². The molecule has 164 valence electrons. The number of hydrogen-bond acceptors (Lipinski definition) is 5. The Balaban J connectivity index is 0.000000614. The van der Waals surface area contributed by atoms with E-state index in [0.717, 1.165) is 29.7 Å². The summed E-state index contributed by atoms with van der Waals surface area (Å²) in [6.07, 6.45) is 2.29. The number of phenols is 3. The quantitative estimate of drug-likeness (QED) is 0.344. The van der Waals surface area contributed by atoms with Crippen LogP contribution in [0.4, 0.5) is 0 Å². The van der Waals surface area contributed by atoms with Gasteiger partial charge in [-0.2, -0.15) is 0 Å². The molecule has 2 atom stereocenters. The zero-order valence-corrected chi connectivity index (χ0v) is 17.4. The molecule has 0 bridgehead atoms. The predicted molar refractivity (Wildman–Crippen MR) is 120 cm³/mol. The van der Waals surface area contributed by atoms with Gasteiger partial charge in [-0.3, -0.25) is 0 Å². The second-order valence-corrected chi connectivity index (χ2v) is 7.52. The lowest BCUT2D eigenvalue weighted by Crippen LogP contribution is -2.05. The average molecular weight is 424 g/mol. The number of carboxylic acids is 1. The molecule has 0 radical (unpaired) electrons. The summed E-state index contributed by atoms with van der Waals surface area (Å²) >= 11 is 0. The maximum atomic E-state index is 10.3. The van der Waals surface area contributed by atoms with E-state index in [2.05, 4.69) is 13.5 Å². The molecule has 3 aromatic rings. The first-order valence-electron chi connectivity index (χ1n) is 9.97. The van der Waals surface area contributed by atoms with Gasteiger partial charge in [0.15, 0.2) is 0 Å². The summed E-state index contributed by atoms with van der Waals surface area (Å²) in [6.45, 7) is 5.09. The molecular weight excluding hydrogens is 396 g/mol. The number of aliphatic carboxylic acids is 1. The van der Waals surface area contributed by atoms with E-state index < -0.39 is 12.1 Å². The molecule has 0 aliphatic carbocycles. The maximum Gasteiger partial charge on any atom is 0.327 e. The lowest BCUT2D eigenvalue weighted by atomic mass is 9.91. The van der Waals surface area contributed by atoms with E-state index in [1.54, 1.807) is 6.07 Å². The summed E-state index contributed by atoms with van der Waals surface area (Å²) in [5.74, 6) is -0.463. The normalized spacial score (nSPS) is 12.5. The third-order valence-electron chi connectivity index (χ3n) is 4.98. The number of aromatic hydroxyl groups is 3. The molecule has 6 heteroatoms. The van der Waals surface area contributed by atoms with Crippen molar-refractivity contribution in [2.75, 3.05) is 0 Å². The van der Waals surface area contributed by atoms with Crippen LogP contribution in [0.15, 0.2) is 67.3 Å². The molecule has 0 aromatic heterocycles. The highest BCUT2D eigenvalue weighted by Crippen LogP contribution is 2.31. The average Bonchev–Trinajstić information content (AvgIpc) is 2.74. The van der Waals surface area contributed by atoms with Crippen LogP contribution in [0.3, 0.4) is 0 Å². The molecule has 0 spiro atoms. The fraction of sp³-hybridized carbons (Fsp3) is 0.240. The highest BCUT2D eigenvalue weighted by Gasteiger charge is 2.14. The van der Waals surface area contributed by atoms with E-state index >= 15 is 0 Å². The van der Waals surface area contributed by atoms with Gasteiger partial charge in [-0.05, 0) is 59.9 Å². The Morgan fingerprint density at radius 1 is 0.968 bits per heavy atom. The minimum Gasteiger partial charge on any atom is -0.508 e. The summed E-state index contributed by atoms with van der Waals surface area (Å²) in [7, 11) is 0. The molecule has 0 aliphatic heterocycles. The van der Waals surface area contributed by atoms with Crippen LogP contribution in [0, 0.1) is 5.92 Å². The molecule has 0 unspecified atom stereocenters. The van der Waals surface area contributed by atoms with Crippen molar-refractivity contribution in [1.82, 2.24) is 0 Å². The second kappa shape index (κ2) is 11.0. The predicted octanol–water partition coefficient (Wildman–Crippen LogP) is 4.91. The van der Waals surface area contributed by atoms with Gasteiger partial charge in [0, 0.05) is 17.5 Å². The van der Waals surface area contributed by atoms with Gasteiger partial charge >= 0.3 is 5.97 Å². The van der Waals surface area contributed by atoms with Crippen molar-refractivity contribution in [2.24, 2.45) is 5.92 Å². The van der Waals surface area contributed by atoms with E-state index in [9.17, 15) is 25.2 Å². The Bertz CT molecular complexity index is 1020. The molecule has 0 heterocycles. The third-order valence-corrected chi connectivity index (χ3v) is 4.98. The first kappa shape index (κ1) is 23.8. The van der Waals surface area contributed by atoms with Crippen LogP contribution in [0.1, 0.15) is 37.0 Å². The zero-order valence-electron chi connectivity index (χ0n) is 17.4. The Morgan fingerprint density at radius 3 is 2.13 bits per heavy atom. The van der Waals surface area contributed by atoms with Crippen molar-refractivity contribution in [3.8, 4) is 17.2 Å². The SMILES string of the molecule is C=CC(=O)O.C[C@@H](CC[C@H](O)c1cc(O)cc(O)c1)Cc1ccc(O)c2ccccc12. The molecule has 0 fully saturated rings. The van der Waals surface area contributed by atoms with Crippen molar-refractivity contribution < 1.29 is 30.3 Å². The Labute approximate surface area is 181 Å². The summed E-state index contributed by atoms with van der Waals surface area (Å²) in [5, 5.41) is 48.9. The van der Waals surface area contributed by atoms with Crippen LogP contribution < -0.4 is 0 Å². The first-order chi connectivity index (χ1) is 14.7. The molecule has 31 heavy (non-hydrogen) atoms. The summed E-state index contributed by atoms with van der Waals surface area (Å²) in [4.78, 5) is 9.25. The summed E-state index contributed by atoms with van der Waals surface area (Å²) in [5.41, 5.74) is 1.69. The van der Waals surface area contributed by atoms with Crippen molar-refractivity contribution >= 4 is 16.7 Å². The van der Waals surface area contributed by atoms with Gasteiger partial charge < -0.3 is 25.5 Å². The van der Waals surface area contributed by atoms with Gasteiger partial charge in [-0.25, -0.2) is 4.79 Å². The number of phenolic OH excluding ortho intramolecular Hbond substituents is 3. The first-order valence-corrected chi connectivity index (χ1v) is 9.97. The van der Waals surface area contributed by atoms with Crippen molar-refractivity contribution in [3.63, 3.8) is 0 Å². The van der Waals surface area contributed by atoms with E-state index in [1.807, 2.05) is 30.3 Å². The van der Waals surface area contributed by atoms with E-state index in [-0.39, 0.29) is 17.2 Å². The Kier molecular flexibility index (Phi) is 8.46. The fourth-order valence-electron chi connectivity index (χ4n) is 3.42. The monoisotopic (exact) mass is 424 g/mol. The van der Waals surface area contributed by atoms with Crippen LogP contribution in [0.25, 0.3) is 10.8 Å². The zero-order chi connectivity index (χ0) is 23.0. The molecular formula is C25H28O6. The highest BCUT2D eigenvalue weighted by atomic mass is 16.4. The minimum atomic E-state index is -0.981. The number of aliphatic hydroxyl groups is 1. The second-order valence-electron chi connectivity index (χ2n) is 7.52. The minimum absolute atomic E-state index is 0.0531. The number of hydrogen-bond donors (Lipinski definition) is 5. The number of benzene rings is 3. The number of rotatable bonds is 7. The molecule has 0 saturated heterocycles. The summed E-state index contributed by atoms with van der Waals surface area (Å²) < 4.78 is 0. The van der Waals surface area contributed by atoms with Crippen LogP contribution in [-0.4, -0.2) is 31.5 Å². The fourth-order valence-corrected chi connectivity index (χ4v) is 3.42. The standard InChI is InChI=1S/C22H24O4.C3H4O2/c1-14(6-8-21(25)16-11-17(23)13-18(24)12-16)10-15-7-9-22(26)20-5-3-2-4-19(15)20;1-2-3(4)5/h2-5,7,9,11-14,21,23-26H,6,8,10H2,1H3;2H,1H2,(H,4,5)/t14-,21-;/m0./s1. The molecule has 0 amide bonds. The van der Waals surface area contributed by atoms with Crippen molar-refractivity contribution in [3.05, 3.63) is 78.4 Å². The number of carboxylic acid groups (broad SMARTS) is 1. The van der Waals surface area contributed by atoms with Gasteiger partial charge in [0.25, 0.3) is 0 Å². The Morgan fingerprint density at radius 2 is 1.55 bits per heavy atom. The molecule has 0 aliphatic rings. The van der Waals surface area contributed by atoms with Gasteiger partial charge in [-0.1, -0.05) is 43.8 Å². The lowest BCUT2D eigenvalue weighted by molar-refractivity contribution is -0.131. The van der Waals surface area contributed by atoms with Gasteiger partial charge in [-0.15, -0.1) is 0 Å². The Hall–Kier alpha value is -3.51. The summed E-state index contributed by atoms with van der Waals surface area (Å²) in [6, 6.07) is 15.7. The molecule has 3 rings (SSSR count). The highest BCUT2D eigenvalue weighted by molar-refractivity contribution is 5.90. The van der Waals surface area contributed by atoms with E-state index in [1.165, 1.54) is 23.8 Å². The largest absolute Gasteiger partial charge is 0.508 e. The van der Waals surface area contributed by atoms with Crippen molar-refractivity contribution in [2.45, 2.75) is 32.3 Å². The topological polar surface area (TPSA) is 118 Å². The van der Waals surface area contributed by atoms with Crippen LogP contribution in [0.2, 0.25) is 0 Å². The molecule has 5 N–H and O–H groups in total. The van der Waals surface area contributed by atoms with Gasteiger partial charge in [0.1, 0.15) is 17.2 Å². The number of fused-ring (bicyclic) bond motifs is 1. The number of carbonyl (C=O) groups is 1. The lowest BCUT2D eigenvalue weighted by Gasteiger charge is -2.17.